The maximum Gasteiger partial charge on any atom is 0.262 e. The fourth-order valence-electron chi connectivity index (χ4n) is 7.28. The van der Waals surface area contributed by atoms with E-state index in [1.165, 1.54) is 0 Å². The number of nitrogens with zero attached hydrogens (tertiary/aromatic N) is 1. The Balaban J connectivity index is 1.40. The molecule has 3 aromatic carbocycles. The van der Waals surface area contributed by atoms with E-state index in [1.807, 2.05) is 43.3 Å². The highest BCUT2D eigenvalue weighted by Gasteiger charge is 2.49. The molecule has 3 aromatic rings. The Bertz CT molecular complexity index is 1760. The van der Waals surface area contributed by atoms with E-state index in [9.17, 15) is 14.4 Å². The summed E-state index contributed by atoms with van der Waals surface area (Å²) in [5.74, 6) is -0.720. The molecule has 0 bridgehead atoms. The topological polar surface area (TPSA) is 75.7 Å². The molecule has 0 radical (unpaired) electrons. The Morgan fingerprint density at radius 1 is 0.830 bits per heavy atom. The van der Waals surface area contributed by atoms with Crippen molar-refractivity contribution in [1.29, 1.82) is 0 Å². The first-order valence-electron chi connectivity index (χ1n) is 16.0. The average molecular weight is 672 g/mol. The highest BCUT2D eigenvalue weighted by Crippen LogP contribution is 2.55. The van der Waals surface area contributed by atoms with Crippen molar-refractivity contribution < 1.29 is 19.1 Å². The first-order valence-corrected chi connectivity index (χ1v) is 16.8. The number of ketones is 2. The number of anilines is 1. The molecule has 6 rings (SSSR count). The van der Waals surface area contributed by atoms with Gasteiger partial charge < -0.3 is 15.0 Å². The third-order valence-corrected chi connectivity index (χ3v) is 9.77. The van der Waals surface area contributed by atoms with Crippen LogP contribution in [0.3, 0.4) is 0 Å². The fraction of sp³-hybridized carbons (Fsp3) is 0.359. The summed E-state index contributed by atoms with van der Waals surface area (Å²) in [5.41, 5.74) is 6.19. The number of carbonyl (C=O) groups is 3. The maximum absolute atomic E-state index is 14.2. The van der Waals surface area contributed by atoms with Crippen molar-refractivity contribution in [2.24, 2.45) is 10.8 Å². The molecule has 1 heterocycles. The summed E-state index contributed by atoms with van der Waals surface area (Å²) in [6.07, 6.45) is 2.15. The van der Waals surface area contributed by atoms with E-state index in [0.717, 1.165) is 22.5 Å². The lowest BCUT2D eigenvalue weighted by atomic mass is 9.63. The van der Waals surface area contributed by atoms with Crippen LogP contribution in [0.25, 0.3) is 0 Å². The van der Waals surface area contributed by atoms with Gasteiger partial charge in [0.2, 0.25) is 0 Å². The van der Waals surface area contributed by atoms with Gasteiger partial charge in [-0.2, -0.15) is 0 Å². The van der Waals surface area contributed by atoms with E-state index >= 15 is 0 Å². The summed E-state index contributed by atoms with van der Waals surface area (Å²) in [5, 5.41) is 3.23. The molecule has 0 atom stereocenters. The zero-order valence-corrected chi connectivity index (χ0v) is 29.0. The van der Waals surface area contributed by atoms with Crippen LogP contribution >= 0.6 is 23.2 Å². The molecule has 0 saturated heterocycles. The van der Waals surface area contributed by atoms with Crippen LogP contribution in [0.15, 0.2) is 89.3 Å². The number of nitrogens with one attached hydrogen (secondary N) is 1. The van der Waals surface area contributed by atoms with Crippen molar-refractivity contribution in [1.82, 2.24) is 4.90 Å². The van der Waals surface area contributed by atoms with Gasteiger partial charge in [0.15, 0.2) is 23.9 Å². The molecule has 47 heavy (non-hydrogen) atoms. The van der Waals surface area contributed by atoms with E-state index in [4.69, 9.17) is 27.9 Å². The quantitative estimate of drug-likeness (QED) is 0.271. The molecule has 0 saturated carbocycles. The largest absolute Gasteiger partial charge is 0.481 e. The summed E-state index contributed by atoms with van der Waals surface area (Å²) < 4.78 is 5.83. The second kappa shape index (κ2) is 12.6. The molecule has 8 heteroatoms. The molecule has 1 N–H and O–H groups in total. The van der Waals surface area contributed by atoms with E-state index in [1.54, 1.807) is 18.2 Å². The van der Waals surface area contributed by atoms with Crippen molar-refractivity contribution in [3.63, 3.8) is 0 Å². The highest BCUT2D eigenvalue weighted by molar-refractivity contribution is 6.37. The number of aryl methyl sites for hydroxylation is 1. The monoisotopic (exact) mass is 670 g/mol. The third-order valence-electron chi connectivity index (χ3n) is 9.21. The summed E-state index contributed by atoms with van der Waals surface area (Å²) in [6, 6.07) is 21.1. The zero-order chi connectivity index (χ0) is 33.7. The summed E-state index contributed by atoms with van der Waals surface area (Å²) in [4.78, 5) is 43.3. The molecule has 3 aliphatic rings. The second-order valence-corrected chi connectivity index (χ2v) is 15.4. The Morgan fingerprint density at radius 2 is 1.40 bits per heavy atom. The van der Waals surface area contributed by atoms with Gasteiger partial charge in [-0.1, -0.05) is 93.4 Å². The van der Waals surface area contributed by atoms with Crippen LogP contribution in [0, 0.1) is 17.8 Å². The third kappa shape index (κ3) is 6.90. The predicted molar refractivity (Wildman–Crippen MR) is 187 cm³/mol. The maximum atomic E-state index is 14.2. The molecule has 0 fully saturated rings. The van der Waals surface area contributed by atoms with Crippen LogP contribution in [0.4, 0.5) is 5.69 Å². The van der Waals surface area contributed by atoms with Crippen molar-refractivity contribution in [3.05, 3.63) is 116 Å². The molecular formula is C39H40Cl2N2O4. The molecule has 6 nitrogen and oxygen atoms in total. The molecule has 0 aromatic heterocycles. The van der Waals surface area contributed by atoms with Gasteiger partial charge in [0.25, 0.3) is 5.91 Å². The van der Waals surface area contributed by atoms with Crippen LogP contribution in [-0.2, 0) is 20.9 Å². The van der Waals surface area contributed by atoms with Gasteiger partial charge in [-0.3, -0.25) is 14.4 Å². The zero-order valence-electron chi connectivity index (χ0n) is 27.5. The Morgan fingerprint density at radius 3 is 1.96 bits per heavy atom. The van der Waals surface area contributed by atoms with Gasteiger partial charge >= 0.3 is 0 Å². The Kier molecular flexibility index (Phi) is 8.88. The average Bonchev–Trinajstić information content (AvgIpc) is 2.96. The van der Waals surface area contributed by atoms with Gasteiger partial charge in [-0.25, -0.2) is 0 Å². The highest BCUT2D eigenvalue weighted by atomic mass is 35.5. The number of carbonyl (C=O) groups excluding carboxylic acids is 3. The SMILES string of the molecule is Cc1cccc(NC(=O)COc2c(Cl)cc(C3C4=C(CC(C)(C)CC4=O)N(Cc4ccccc4)C4=C3C(=O)CC(C)(C)C4)cc2Cl)c1. The first kappa shape index (κ1) is 33.0. The van der Waals surface area contributed by atoms with Crippen LogP contribution in [0.2, 0.25) is 10.0 Å². The number of amides is 1. The number of Topliss-reactive ketones (excluding diaryl/α,β-unsaturated/α-hetero) is 2. The van der Waals surface area contributed by atoms with E-state index in [2.05, 4.69) is 50.0 Å². The molecule has 244 valence electrons. The number of benzene rings is 3. The van der Waals surface area contributed by atoms with Gasteiger partial charge in [0, 0.05) is 53.5 Å². The van der Waals surface area contributed by atoms with Crippen molar-refractivity contribution in [2.45, 2.75) is 72.8 Å². The lowest BCUT2D eigenvalue weighted by molar-refractivity contribution is -0.120. The summed E-state index contributed by atoms with van der Waals surface area (Å²) in [7, 11) is 0. The molecule has 2 aliphatic carbocycles. The second-order valence-electron chi connectivity index (χ2n) is 14.6. The van der Waals surface area contributed by atoms with Crippen molar-refractivity contribution >= 4 is 46.4 Å². The van der Waals surface area contributed by atoms with Crippen LogP contribution < -0.4 is 10.1 Å². The minimum atomic E-state index is -0.604. The Hall–Kier alpha value is -3.87. The minimum Gasteiger partial charge on any atom is -0.481 e. The number of hydrogen-bond acceptors (Lipinski definition) is 5. The molecule has 0 spiro atoms. The summed E-state index contributed by atoms with van der Waals surface area (Å²) >= 11 is 13.6. The minimum absolute atomic E-state index is 0.0314. The van der Waals surface area contributed by atoms with Crippen LogP contribution in [0.5, 0.6) is 5.75 Å². The number of halogens is 2. The smallest absolute Gasteiger partial charge is 0.262 e. The Labute approximate surface area is 286 Å². The van der Waals surface area contributed by atoms with Crippen molar-refractivity contribution in [3.8, 4) is 5.75 Å². The normalized spacial score (nSPS) is 19.0. The molecule has 1 aliphatic heterocycles. The van der Waals surface area contributed by atoms with E-state index in [0.29, 0.717) is 54.6 Å². The van der Waals surface area contributed by atoms with Crippen molar-refractivity contribution in [2.75, 3.05) is 11.9 Å². The van der Waals surface area contributed by atoms with Crippen LogP contribution in [-0.4, -0.2) is 29.0 Å². The predicted octanol–water partition coefficient (Wildman–Crippen LogP) is 9.21. The van der Waals surface area contributed by atoms with Crippen LogP contribution in [0.1, 0.15) is 76.0 Å². The lowest BCUT2D eigenvalue weighted by Crippen LogP contribution is -2.44. The van der Waals surface area contributed by atoms with Gasteiger partial charge in [0.1, 0.15) is 0 Å². The van der Waals surface area contributed by atoms with Gasteiger partial charge in [0.05, 0.1) is 10.0 Å². The number of hydrogen-bond donors (Lipinski definition) is 1. The molecular weight excluding hydrogens is 631 g/mol. The first-order chi connectivity index (χ1) is 22.2. The molecule has 0 unspecified atom stereocenters. The number of allylic oxidation sites excluding steroid dienone is 4. The molecule has 1 amide bonds. The van der Waals surface area contributed by atoms with E-state index < -0.39 is 5.92 Å². The fourth-order valence-corrected chi connectivity index (χ4v) is 7.89. The number of rotatable bonds is 7. The summed E-state index contributed by atoms with van der Waals surface area (Å²) in [6.45, 7) is 10.7. The van der Waals surface area contributed by atoms with E-state index in [-0.39, 0.29) is 50.7 Å². The van der Waals surface area contributed by atoms with Gasteiger partial charge in [-0.05, 0) is 71.6 Å². The number of ether oxygens (including phenoxy) is 1. The standard InChI is InChI=1S/C39H40Cl2N2O4/c1-23-10-9-13-26(14-23)42-33(46)22-47-37-27(40)15-25(16-28(37)41)34-35-29(17-38(2,3)19-31(35)44)43(21-24-11-7-6-8-12-24)30-18-39(4,5)20-32(45)36(30)34/h6-16,34H,17-22H2,1-5H3,(H,42,46). The van der Waals surface area contributed by atoms with Gasteiger partial charge in [-0.15, -0.1) is 0 Å². The lowest BCUT2D eigenvalue weighted by Gasteiger charge is -2.49.